The van der Waals surface area contributed by atoms with Gasteiger partial charge in [-0.05, 0) is 11.1 Å². The SMILES string of the molecule is O=[N+]([O-])c1cccc(C=NCc2cccc([N+](=O)[O-])c2)c1. The average Bonchev–Trinajstić information content (AvgIpc) is 2.48. The van der Waals surface area contributed by atoms with Crippen LogP contribution in [0.5, 0.6) is 0 Å². The van der Waals surface area contributed by atoms with Gasteiger partial charge in [-0.3, -0.25) is 25.2 Å². The van der Waals surface area contributed by atoms with Crippen LogP contribution in [-0.4, -0.2) is 16.1 Å². The second kappa shape index (κ2) is 6.38. The third-order valence-corrected chi connectivity index (χ3v) is 2.72. The summed E-state index contributed by atoms with van der Waals surface area (Å²) in [6.07, 6.45) is 1.51. The van der Waals surface area contributed by atoms with E-state index in [4.69, 9.17) is 0 Å². The molecule has 0 fully saturated rings. The number of non-ortho nitro benzene ring substituents is 2. The highest BCUT2D eigenvalue weighted by Gasteiger charge is 2.05. The summed E-state index contributed by atoms with van der Waals surface area (Å²) in [5.41, 5.74) is 1.31. The fourth-order valence-corrected chi connectivity index (χ4v) is 1.74. The zero-order chi connectivity index (χ0) is 15.2. The summed E-state index contributed by atoms with van der Waals surface area (Å²) in [6.45, 7) is 0.268. The van der Waals surface area contributed by atoms with Crippen molar-refractivity contribution in [1.29, 1.82) is 0 Å². The lowest BCUT2D eigenvalue weighted by atomic mass is 10.2. The largest absolute Gasteiger partial charge is 0.288 e. The molecule has 7 nitrogen and oxygen atoms in total. The van der Waals surface area contributed by atoms with Gasteiger partial charge in [0.1, 0.15) is 0 Å². The van der Waals surface area contributed by atoms with Crippen molar-refractivity contribution < 1.29 is 9.85 Å². The van der Waals surface area contributed by atoms with E-state index in [1.807, 2.05) is 0 Å². The molecule has 0 aliphatic rings. The standard InChI is InChI=1S/C14H11N3O4/c18-16(19)13-5-1-3-11(7-13)9-15-10-12-4-2-6-14(8-12)17(20)21/h1-9H,10H2. The number of benzene rings is 2. The van der Waals surface area contributed by atoms with Crippen LogP contribution in [0, 0.1) is 20.2 Å². The van der Waals surface area contributed by atoms with Crippen LogP contribution in [0.1, 0.15) is 11.1 Å². The minimum absolute atomic E-state index is 0.00528. The van der Waals surface area contributed by atoms with Gasteiger partial charge in [0.05, 0.1) is 16.4 Å². The van der Waals surface area contributed by atoms with Crippen molar-refractivity contribution in [3.8, 4) is 0 Å². The Kier molecular flexibility index (Phi) is 4.35. The van der Waals surface area contributed by atoms with Crippen LogP contribution in [-0.2, 0) is 6.54 Å². The number of hydrogen-bond donors (Lipinski definition) is 0. The second-order valence-corrected chi connectivity index (χ2v) is 4.25. The van der Waals surface area contributed by atoms with E-state index in [9.17, 15) is 20.2 Å². The van der Waals surface area contributed by atoms with Crippen LogP contribution in [0.4, 0.5) is 11.4 Å². The number of aliphatic imine (C=N–C) groups is 1. The van der Waals surface area contributed by atoms with Crippen LogP contribution < -0.4 is 0 Å². The van der Waals surface area contributed by atoms with Crippen LogP contribution in [0.25, 0.3) is 0 Å². The van der Waals surface area contributed by atoms with Gasteiger partial charge in [0.15, 0.2) is 0 Å². The molecule has 0 aliphatic carbocycles. The molecule has 7 heteroatoms. The van der Waals surface area contributed by atoms with Crippen LogP contribution >= 0.6 is 0 Å². The fourth-order valence-electron chi connectivity index (χ4n) is 1.74. The zero-order valence-electron chi connectivity index (χ0n) is 10.9. The molecule has 2 aromatic rings. The predicted molar refractivity (Wildman–Crippen MR) is 77.5 cm³/mol. The van der Waals surface area contributed by atoms with E-state index in [0.29, 0.717) is 11.1 Å². The molecule has 0 unspecified atom stereocenters. The lowest BCUT2D eigenvalue weighted by molar-refractivity contribution is -0.385. The van der Waals surface area contributed by atoms with E-state index in [0.717, 1.165) is 0 Å². The maximum Gasteiger partial charge on any atom is 0.270 e. The Balaban J connectivity index is 2.09. The maximum absolute atomic E-state index is 10.7. The van der Waals surface area contributed by atoms with E-state index in [2.05, 4.69) is 4.99 Å². The highest BCUT2D eigenvalue weighted by molar-refractivity contribution is 5.80. The quantitative estimate of drug-likeness (QED) is 0.478. The van der Waals surface area contributed by atoms with Gasteiger partial charge in [-0.2, -0.15) is 0 Å². The van der Waals surface area contributed by atoms with Gasteiger partial charge in [0.2, 0.25) is 0 Å². The first-order valence-electron chi connectivity index (χ1n) is 6.04. The van der Waals surface area contributed by atoms with E-state index in [1.54, 1.807) is 24.3 Å². The Hall–Kier alpha value is -3.09. The van der Waals surface area contributed by atoms with Gasteiger partial charge < -0.3 is 0 Å². The van der Waals surface area contributed by atoms with Crippen molar-refractivity contribution in [3.05, 3.63) is 79.9 Å². The Morgan fingerprint density at radius 1 is 0.952 bits per heavy atom. The molecule has 2 aromatic carbocycles. The predicted octanol–water partition coefficient (Wildman–Crippen LogP) is 3.12. The molecule has 0 aromatic heterocycles. The van der Waals surface area contributed by atoms with Gasteiger partial charge in [-0.25, -0.2) is 0 Å². The summed E-state index contributed by atoms with van der Waals surface area (Å²) in [7, 11) is 0. The number of hydrogen-bond acceptors (Lipinski definition) is 5. The van der Waals surface area contributed by atoms with Crippen molar-refractivity contribution >= 4 is 17.6 Å². The topological polar surface area (TPSA) is 98.6 Å². The lowest BCUT2D eigenvalue weighted by Crippen LogP contribution is -1.91. The molecule has 0 amide bonds. The first-order chi connectivity index (χ1) is 10.1. The second-order valence-electron chi connectivity index (χ2n) is 4.25. The monoisotopic (exact) mass is 285 g/mol. The molecule has 0 atom stereocenters. The Labute approximate surface area is 119 Å². The minimum Gasteiger partial charge on any atom is -0.288 e. The number of rotatable bonds is 5. The zero-order valence-corrected chi connectivity index (χ0v) is 10.9. The van der Waals surface area contributed by atoms with E-state index < -0.39 is 9.85 Å². The summed E-state index contributed by atoms with van der Waals surface area (Å²) in [6, 6.07) is 12.3. The first-order valence-corrected chi connectivity index (χ1v) is 6.04. The van der Waals surface area contributed by atoms with Gasteiger partial charge in [-0.1, -0.05) is 24.3 Å². The number of nitro benzene ring substituents is 2. The molecule has 21 heavy (non-hydrogen) atoms. The molecular formula is C14H11N3O4. The van der Waals surface area contributed by atoms with Gasteiger partial charge in [-0.15, -0.1) is 0 Å². The molecule has 0 bridgehead atoms. The lowest BCUT2D eigenvalue weighted by Gasteiger charge is -1.97. The molecule has 0 spiro atoms. The molecule has 0 aliphatic heterocycles. The number of nitrogens with zero attached hydrogens (tertiary/aromatic N) is 3. The van der Waals surface area contributed by atoms with Gasteiger partial charge in [0, 0.05) is 30.5 Å². The molecule has 0 N–H and O–H groups in total. The van der Waals surface area contributed by atoms with Crippen LogP contribution in [0.3, 0.4) is 0 Å². The van der Waals surface area contributed by atoms with Crippen LogP contribution in [0.2, 0.25) is 0 Å². The van der Waals surface area contributed by atoms with Crippen molar-refractivity contribution in [1.82, 2.24) is 0 Å². The molecule has 0 heterocycles. The fraction of sp³-hybridized carbons (Fsp3) is 0.0714. The molecule has 106 valence electrons. The Morgan fingerprint density at radius 3 is 2.24 bits per heavy atom. The molecule has 0 saturated heterocycles. The molecule has 0 radical (unpaired) electrons. The van der Waals surface area contributed by atoms with Crippen LogP contribution in [0.15, 0.2) is 53.5 Å². The van der Waals surface area contributed by atoms with E-state index >= 15 is 0 Å². The summed E-state index contributed by atoms with van der Waals surface area (Å²) < 4.78 is 0. The molecular weight excluding hydrogens is 274 g/mol. The summed E-state index contributed by atoms with van der Waals surface area (Å²) >= 11 is 0. The third kappa shape index (κ3) is 3.93. The Bertz CT molecular complexity index is 713. The van der Waals surface area contributed by atoms with Gasteiger partial charge in [0.25, 0.3) is 11.4 Å². The minimum atomic E-state index is -0.474. The smallest absolute Gasteiger partial charge is 0.270 e. The summed E-state index contributed by atoms with van der Waals surface area (Å²) in [5, 5.41) is 21.3. The van der Waals surface area contributed by atoms with E-state index in [-0.39, 0.29) is 17.9 Å². The van der Waals surface area contributed by atoms with Crippen molar-refractivity contribution in [2.24, 2.45) is 4.99 Å². The third-order valence-electron chi connectivity index (χ3n) is 2.72. The van der Waals surface area contributed by atoms with Crippen molar-refractivity contribution in [3.63, 3.8) is 0 Å². The highest BCUT2D eigenvalue weighted by Crippen LogP contribution is 2.14. The first kappa shape index (κ1) is 14.3. The highest BCUT2D eigenvalue weighted by atomic mass is 16.6. The number of nitro groups is 2. The van der Waals surface area contributed by atoms with Crippen molar-refractivity contribution in [2.45, 2.75) is 6.54 Å². The average molecular weight is 285 g/mol. The summed E-state index contributed by atoms with van der Waals surface area (Å²) in [5.74, 6) is 0. The van der Waals surface area contributed by atoms with Crippen molar-refractivity contribution in [2.75, 3.05) is 0 Å². The molecule has 0 saturated carbocycles. The van der Waals surface area contributed by atoms with E-state index in [1.165, 1.54) is 30.5 Å². The normalized spacial score (nSPS) is 10.7. The van der Waals surface area contributed by atoms with Gasteiger partial charge >= 0.3 is 0 Å². The maximum atomic E-state index is 10.7. The molecule has 2 rings (SSSR count). The summed E-state index contributed by atoms with van der Waals surface area (Å²) in [4.78, 5) is 24.5. The Morgan fingerprint density at radius 2 is 1.57 bits per heavy atom.